The number of hydrogen-bond acceptors (Lipinski definition) is 4. The zero-order valence-electron chi connectivity index (χ0n) is 6.33. The molecule has 0 saturated carbocycles. The Kier molecular flexibility index (Phi) is 3.59. The van der Waals surface area contributed by atoms with Gasteiger partial charge in [0.2, 0.25) is 5.13 Å². The van der Waals surface area contributed by atoms with Crippen LogP contribution in [0.25, 0.3) is 0 Å². The minimum Gasteiger partial charge on any atom is -0.346 e. The molecule has 1 aromatic heterocycles. The molecule has 1 rings (SSSR count). The van der Waals surface area contributed by atoms with Crippen molar-refractivity contribution in [2.75, 3.05) is 23.9 Å². The Labute approximate surface area is 75.2 Å². The minimum atomic E-state index is 0.632. The lowest BCUT2D eigenvalue weighted by atomic mass is 10.6. The highest BCUT2D eigenvalue weighted by Gasteiger charge is 2.05. The Morgan fingerprint density at radius 2 is 2.55 bits per heavy atom. The van der Waals surface area contributed by atoms with E-state index in [1.54, 1.807) is 6.33 Å². The predicted molar refractivity (Wildman–Crippen MR) is 48.5 cm³/mol. The summed E-state index contributed by atoms with van der Waals surface area (Å²) in [5.41, 5.74) is 0. The monoisotopic (exact) mass is 191 g/mol. The number of hydrogen-bond donors (Lipinski definition) is 0. The summed E-state index contributed by atoms with van der Waals surface area (Å²) in [5, 5.41) is 0.952. The maximum atomic E-state index is 5.61. The van der Waals surface area contributed by atoms with E-state index in [-0.39, 0.29) is 0 Å². The highest BCUT2D eigenvalue weighted by atomic mass is 35.5. The van der Waals surface area contributed by atoms with Gasteiger partial charge >= 0.3 is 0 Å². The van der Waals surface area contributed by atoms with Gasteiger partial charge in [-0.1, -0.05) is 0 Å². The molecule has 0 bridgehead atoms. The first-order chi connectivity index (χ1) is 5.38. The van der Waals surface area contributed by atoms with Crippen LogP contribution < -0.4 is 4.90 Å². The van der Waals surface area contributed by atoms with E-state index in [0.717, 1.165) is 18.2 Å². The molecule has 0 spiro atoms. The Morgan fingerprint density at radius 1 is 1.73 bits per heavy atom. The van der Waals surface area contributed by atoms with Gasteiger partial charge in [0.1, 0.15) is 6.33 Å². The molecule has 0 radical (unpaired) electrons. The van der Waals surface area contributed by atoms with Crippen molar-refractivity contribution in [3.63, 3.8) is 0 Å². The smallest absolute Gasteiger partial charge is 0.204 e. The third-order valence-electron chi connectivity index (χ3n) is 1.36. The Morgan fingerprint density at radius 3 is 3.00 bits per heavy atom. The molecule has 3 nitrogen and oxygen atoms in total. The second kappa shape index (κ2) is 4.51. The van der Waals surface area contributed by atoms with Crippen LogP contribution in [0.4, 0.5) is 5.13 Å². The van der Waals surface area contributed by atoms with Crippen molar-refractivity contribution in [2.24, 2.45) is 0 Å². The molecule has 0 unspecified atom stereocenters. The number of nitrogens with zero attached hydrogens (tertiary/aromatic N) is 3. The normalized spacial score (nSPS) is 10.0. The largest absolute Gasteiger partial charge is 0.346 e. The third-order valence-corrected chi connectivity index (χ3v) is 2.25. The molecule has 0 aliphatic rings. The summed E-state index contributed by atoms with van der Waals surface area (Å²) in [6.45, 7) is 3.85. The Balaban J connectivity index is 2.56. The summed E-state index contributed by atoms with van der Waals surface area (Å²) in [4.78, 5) is 6.18. The lowest BCUT2D eigenvalue weighted by Crippen LogP contribution is -2.24. The quantitative estimate of drug-likeness (QED) is 0.678. The molecular weight excluding hydrogens is 182 g/mol. The molecule has 0 amide bonds. The Hall–Kier alpha value is -0.350. The first kappa shape index (κ1) is 8.74. The number of halogens is 1. The van der Waals surface area contributed by atoms with Crippen LogP contribution in [-0.4, -0.2) is 28.3 Å². The number of aromatic nitrogens is 2. The highest BCUT2D eigenvalue weighted by molar-refractivity contribution is 7.09. The van der Waals surface area contributed by atoms with Crippen LogP contribution in [0.5, 0.6) is 0 Å². The van der Waals surface area contributed by atoms with Gasteiger partial charge in [0.15, 0.2) is 0 Å². The first-order valence-corrected chi connectivity index (χ1v) is 4.77. The van der Waals surface area contributed by atoms with Gasteiger partial charge in [-0.3, -0.25) is 0 Å². The molecule has 1 heterocycles. The van der Waals surface area contributed by atoms with Gasteiger partial charge in [0, 0.05) is 30.5 Å². The maximum Gasteiger partial charge on any atom is 0.204 e. The molecule has 0 aliphatic carbocycles. The summed E-state index contributed by atoms with van der Waals surface area (Å²) in [6, 6.07) is 0. The molecule has 11 heavy (non-hydrogen) atoms. The molecular formula is C6H10ClN3S. The number of alkyl halides is 1. The molecule has 0 aliphatic heterocycles. The van der Waals surface area contributed by atoms with E-state index in [1.165, 1.54) is 11.5 Å². The van der Waals surface area contributed by atoms with Crippen molar-refractivity contribution in [3.05, 3.63) is 6.33 Å². The van der Waals surface area contributed by atoms with Gasteiger partial charge in [0.05, 0.1) is 0 Å². The van der Waals surface area contributed by atoms with Gasteiger partial charge in [0.25, 0.3) is 0 Å². The van der Waals surface area contributed by atoms with Crippen LogP contribution in [0.3, 0.4) is 0 Å². The maximum absolute atomic E-state index is 5.61. The molecule has 0 atom stereocenters. The van der Waals surface area contributed by atoms with Gasteiger partial charge in [-0.2, -0.15) is 4.37 Å². The van der Waals surface area contributed by atoms with Crippen LogP contribution in [0.2, 0.25) is 0 Å². The van der Waals surface area contributed by atoms with E-state index < -0.39 is 0 Å². The SMILES string of the molecule is CCN(CCCl)c1ncns1. The van der Waals surface area contributed by atoms with Crippen LogP contribution in [-0.2, 0) is 0 Å². The molecule has 62 valence electrons. The third kappa shape index (κ3) is 2.31. The van der Waals surface area contributed by atoms with E-state index in [4.69, 9.17) is 11.6 Å². The van der Waals surface area contributed by atoms with Crippen molar-refractivity contribution >= 4 is 28.3 Å². The van der Waals surface area contributed by atoms with Crippen molar-refractivity contribution < 1.29 is 0 Å². The van der Waals surface area contributed by atoms with Crippen molar-refractivity contribution in [1.82, 2.24) is 9.36 Å². The van der Waals surface area contributed by atoms with E-state index in [9.17, 15) is 0 Å². The highest BCUT2D eigenvalue weighted by Crippen LogP contribution is 2.13. The molecule has 5 heteroatoms. The number of anilines is 1. The first-order valence-electron chi connectivity index (χ1n) is 3.46. The van der Waals surface area contributed by atoms with E-state index in [2.05, 4.69) is 21.2 Å². The standard InChI is InChI=1S/C6H10ClN3S/c1-2-10(4-3-7)6-8-5-9-11-6/h5H,2-4H2,1H3. The van der Waals surface area contributed by atoms with Crippen molar-refractivity contribution in [1.29, 1.82) is 0 Å². The summed E-state index contributed by atoms with van der Waals surface area (Å²) < 4.78 is 3.92. The predicted octanol–water partition coefficient (Wildman–Crippen LogP) is 1.60. The average molecular weight is 192 g/mol. The van der Waals surface area contributed by atoms with Crippen LogP contribution >= 0.6 is 23.1 Å². The van der Waals surface area contributed by atoms with E-state index in [1.807, 2.05) is 0 Å². The van der Waals surface area contributed by atoms with E-state index in [0.29, 0.717) is 5.88 Å². The molecule has 0 saturated heterocycles. The van der Waals surface area contributed by atoms with Gasteiger partial charge in [-0.25, -0.2) is 4.98 Å². The zero-order chi connectivity index (χ0) is 8.10. The zero-order valence-corrected chi connectivity index (χ0v) is 7.90. The summed E-state index contributed by atoms with van der Waals surface area (Å²) >= 11 is 7.01. The molecule has 0 aromatic carbocycles. The summed E-state index contributed by atoms with van der Waals surface area (Å²) in [7, 11) is 0. The second-order valence-corrected chi connectivity index (χ2v) is 3.13. The lowest BCUT2D eigenvalue weighted by molar-refractivity contribution is 0.863. The fourth-order valence-corrected chi connectivity index (χ4v) is 1.62. The van der Waals surface area contributed by atoms with Crippen LogP contribution in [0, 0.1) is 0 Å². The topological polar surface area (TPSA) is 29.0 Å². The summed E-state index contributed by atoms with van der Waals surface area (Å²) in [5.74, 6) is 0.632. The van der Waals surface area contributed by atoms with Crippen molar-refractivity contribution in [2.45, 2.75) is 6.92 Å². The molecule has 0 fully saturated rings. The fraction of sp³-hybridized carbons (Fsp3) is 0.667. The van der Waals surface area contributed by atoms with Gasteiger partial charge in [-0.05, 0) is 6.92 Å². The average Bonchev–Trinajstić information content (AvgIpc) is 2.52. The van der Waals surface area contributed by atoms with Crippen LogP contribution in [0.1, 0.15) is 6.92 Å². The lowest BCUT2D eigenvalue weighted by Gasteiger charge is -2.16. The minimum absolute atomic E-state index is 0.632. The van der Waals surface area contributed by atoms with Crippen LogP contribution in [0.15, 0.2) is 6.33 Å². The van der Waals surface area contributed by atoms with Gasteiger partial charge < -0.3 is 4.90 Å². The molecule has 0 N–H and O–H groups in total. The summed E-state index contributed by atoms with van der Waals surface area (Å²) in [6.07, 6.45) is 1.57. The van der Waals surface area contributed by atoms with Gasteiger partial charge in [-0.15, -0.1) is 11.6 Å². The second-order valence-electron chi connectivity index (χ2n) is 1.99. The number of rotatable bonds is 4. The molecule has 1 aromatic rings. The fourth-order valence-electron chi connectivity index (χ4n) is 0.798. The van der Waals surface area contributed by atoms with Crippen molar-refractivity contribution in [3.8, 4) is 0 Å². The van der Waals surface area contributed by atoms with E-state index >= 15 is 0 Å². The Bertz CT molecular complexity index is 190.